The molecular formula is C23H24F3NO3S2. The number of hydrogen-bond acceptors (Lipinski definition) is 6. The first kappa shape index (κ1) is 24.5. The number of esters is 1. The van der Waals surface area contributed by atoms with Crippen LogP contribution in [-0.4, -0.2) is 41.8 Å². The van der Waals surface area contributed by atoms with E-state index in [2.05, 4.69) is 9.73 Å². The van der Waals surface area contributed by atoms with E-state index in [4.69, 9.17) is 4.74 Å². The molecule has 32 heavy (non-hydrogen) atoms. The van der Waals surface area contributed by atoms with Crippen molar-refractivity contribution >= 4 is 34.5 Å². The topological polar surface area (TPSA) is 47.9 Å². The Bertz CT molecular complexity index is 984. The Morgan fingerprint density at radius 1 is 1.16 bits per heavy atom. The monoisotopic (exact) mass is 483 g/mol. The van der Waals surface area contributed by atoms with Crippen molar-refractivity contribution in [3.8, 4) is 5.75 Å². The predicted molar refractivity (Wildman–Crippen MR) is 123 cm³/mol. The Labute approximate surface area is 194 Å². The van der Waals surface area contributed by atoms with E-state index in [1.54, 1.807) is 23.5 Å². The number of carbonyl (C=O) groups is 1. The summed E-state index contributed by atoms with van der Waals surface area (Å²) in [4.78, 5) is 17.1. The van der Waals surface area contributed by atoms with E-state index in [0.717, 1.165) is 39.0 Å². The summed E-state index contributed by atoms with van der Waals surface area (Å²) >= 11 is 3.30. The van der Waals surface area contributed by atoms with E-state index in [-0.39, 0.29) is 17.9 Å². The molecule has 1 heterocycles. The molecule has 0 aliphatic carbocycles. The minimum absolute atomic E-state index is 0.0645. The van der Waals surface area contributed by atoms with E-state index in [9.17, 15) is 18.0 Å². The van der Waals surface area contributed by atoms with Gasteiger partial charge in [-0.05, 0) is 56.2 Å². The number of methoxy groups -OCH3 is 1. The summed E-state index contributed by atoms with van der Waals surface area (Å²) in [5.41, 5.74) is 1.92. The third kappa shape index (κ3) is 6.01. The highest BCUT2D eigenvalue weighted by atomic mass is 32.2. The van der Waals surface area contributed by atoms with Crippen molar-refractivity contribution < 1.29 is 27.4 Å². The Hall–Kier alpha value is -2.13. The Morgan fingerprint density at radius 2 is 1.78 bits per heavy atom. The van der Waals surface area contributed by atoms with Crippen LogP contribution < -0.4 is 4.74 Å². The van der Waals surface area contributed by atoms with Crippen LogP contribution in [0.25, 0.3) is 0 Å². The summed E-state index contributed by atoms with van der Waals surface area (Å²) < 4.78 is 48.6. The number of hydrogen-bond donors (Lipinski definition) is 0. The Kier molecular flexibility index (Phi) is 7.82. The highest BCUT2D eigenvalue weighted by Crippen LogP contribution is 2.37. The van der Waals surface area contributed by atoms with Crippen LogP contribution in [0.1, 0.15) is 29.2 Å². The third-order valence-electron chi connectivity index (χ3n) is 4.99. The maximum Gasteiger partial charge on any atom is 0.416 e. The van der Waals surface area contributed by atoms with Gasteiger partial charge in [-0.3, -0.25) is 4.99 Å². The lowest BCUT2D eigenvalue weighted by atomic mass is 10.1. The molecule has 1 aliphatic rings. The van der Waals surface area contributed by atoms with Crippen molar-refractivity contribution in [3.05, 3.63) is 58.7 Å². The van der Waals surface area contributed by atoms with E-state index in [1.165, 1.54) is 19.2 Å². The normalized spacial score (nSPS) is 18.4. The summed E-state index contributed by atoms with van der Waals surface area (Å²) in [7, 11) is 1.32. The van der Waals surface area contributed by atoms with E-state index in [1.807, 2.05) is 32.9 Å². The lowest BCUT2D eigenvalue weighted by molar-refractivity contribution is -0.143. The number of aryl methyl sites for hydroxylation is 2. The molecule has 0 radical (unpaired) electrons. The van der Waals surface area contributed by atoms with Gasteiger partial charge in [-0.15, -0.1) is 11.8 Å². The molecule has 4 nitrogen and oxygen atoms in total. The molecule has 1 aliphatic heterocycles. The second-order valence-corrected chi connectivity index (χ2v) is 9.79. The maximum absolute atomic E-state index is 12.8. The SMILES string of the molecule is COC(=O)COc1c(C)cc(SCC2SC(c3ccc(C(F)(F)F)cc3)=NC2C)cc1C. The molecule has 2 aromatic carbocycles. The molecule has 0 saturated carbocycles. The molecule has 0 saturated heterocycles. The third-order valence-corrected chi connectivity index (χ3v) is 7.72. The van der Waals surface area contributed by atoms with Crippen molar-refractivity contribution in [1.29, 1.82) is 0 Å². The summed E-state index contributed by atoms with van der Waals surface area (Å²) in [5.74, 6) is 1.05. The van der Waals surface area contributed by atoms with Crippen LogP contribution in [0.2, 0.25) is 0 Å². The first-order valence-electron chi connectivity index (χ1n) is 9.94. The predicted octanol–water partition coefficient (Wildman–Crippen LogP) is 5.92. The van der Waals surface area contributed by atoms with Crippen molar-refractivity contribution in [3.63, 3.8) is 0 Å². The summed E-state index contributed by atoms with van der Waals surface area (Å²) in [6.45, 7) is 5.76. The van der Waals surface area contributed by atoms with Gasteiger partial charge >= 0.3 is 12.1 Å². The van der Waals surface area contributed by atoms with Crippen LogP contribution in [0.5, 0.6) is 5.75 Å². The lowest BCUT2D eigenvalue weighted by Gasteiger charge is -2.16. The molecule has 172 valence electrons. The van der Waals surface area contributed by atoms with Crippen molar-refractivity contribution in [2.24, 2.45) is 4.99 Å². The fourth-order valence-corrected chi connectivity index (χ4v) is 5.92. The molecule has 0 N–H and O–H groups in total. The average molecular weight is 484 g/mol. The average Bonchev–Trinajstić information content (AvgIpc) is 3.11. The molecule has 0 spiro atoms. The molecular weight excluding hydrogens is 459 g/mol. The first-order valence-corrected chi connectivity index (χ1v) is 11.8. The van der Waals surface area contributed by atoms with Gasteiger partial charge in [-0.1, -0.05) is 23.9 Å². The van der Waals surface area contributed by atoms with Crippen LogP contribution in [-0.2, 0) is 15.7 Å². The van der Waals surface area contributed by atoms with Gasteiger partial charge in [0, 0.05) is 21.5 Å². The highest BCUT2D eigenvalue weighted by molar-refractivity contribution is 8.16. The number of carbonyl (C=O) groups excluding carboxylic acids is 1. The van der Waals surface area contributed by atoms with Gasteiger partial charge in [0.1, 0.15) is 5.75 Å². The summed E-state index contributed by atoms with van der Waals surface area (Å²) in [6, 6.07) is 9.27. The van der Waals surface area contributed by atoms with E-state index in [0.29, 0.717) is 11.3 Å². The van der Waals surface area contributed by atoms with Gasteiger partial charge in [0.25, 0.3) is 0 Å². The van der Waals surface area contributed by atoms with Gasteiger partial charge in [0.05, 0.1) is 23.8 Å². The zero-order valence-electron chi connectivity index (χ0n) is 18.2. The molecule has 2 atom stereocenters. The van der Waals surface area contributed by atoms with Crippen LogP contribution in [0.3, 0.4) is 0 Å². The zero-order valence-corrected chi connectivity index (χ0v) is 19.8. The molecule has 2 unspecified atom stereocenters. The molecule has 0 bridgehead atoms. The fraction of sp³-hybridized carbons (Fsp3) is 0.391. The van der Waals surface area contributed by atoms with Gasteiger partial charge in [0.15, 0.2) is 6.61 Å². The number of benzene rings is 2. The standard InChI is InChI=1S/C23H24F3NO3S2/c1-13-9-18(10-14(2)21(13)30-11-20(28)29-4)31-12-19-15(3)27-22(32-19)16-5-7-17(8-6-16)23(24,25)26/h5-10,15,19H,11-12H2,1-4H3. The molecule has 0 fully saturated rings. The Balaban J connectivity index is 1.60. The zero-order chi connectivity index (χ0) is 23.5. The van der Waals surface area contributed by atoms with Gasteiger partial charge in [0.2, 0.25) is 0 Å². The van der Waals surface area contributed by atoms with Gasteiger partial charge in [-0.25, -0.2) is 4.79 Å². The minimum Gasteiger partial charge on any atom is -0.481 e. The number of ether oxygens (including phenoxy) is 2. The largest absolute Gasteiger partial charge is 0.481 e. The smallest absolute Gasteiger partial charge is 0.416 e. The highest BCUT2D eigenvalue weighted by Gasteiger charge is 2.31. The van der Waals surface area contributed by atoms with E-state index >= 15 is 0 Å². The first-order chi connectivity index (χ1) is 15.1. The van der Waals surface area contributed by atoms with Crippen molar-refractivity contribution in [2.45, 2.75) is 43.1 Å². The quantitative estimate of drug-likeness (QED) is 0.362. The van der Waals surface area contributed by atoms with Crippen LogP contribution in [0, 0.1) is 13.8 Å². The van der Waals surface area contributed by atoms with Crippen molar-refractivity contribution in [2.75, 3.05) is 19.5 Å². The van der Waals surface area contributed by atoms with Crippen LogP contribution >= 0.6 is 23.5 Å². The van der Waals surface area contributed by atoms with Crippen molar-refractivity contribution in [1.82, 2.24) is 0 Å². The van der Waals surface area contributed by atoms with E-state index < -0.39 is 17.7 Å². The molecule has 0 aromatic heterocycles. The van der Waals surface area contributed by atoms with Crippen LogP contribution in [0.15, 0.2) is 46.3 Å². The minimum atomic E-state index is -4.34. The van der Waals surface area contributed by atoms with Gasteiger partial charge in [-0.2, -0.15) is 13.2 Å². The maximum atomic E-state index is 12.8. The molecule has 2 aromatic rings. The molecule has 3 rings (SSSR count). The number of aliphatic imine (C=N–C) groups is 1. The number of nitrogens with zero attached hydrogens (tertiary/aromatic N) is 1. The number of alkyl halides is 3. The second kappa shape index (κ2) is 10.2. The Morgan fingerprint density at radius 3 is 2.34 bits per heavy atom. The summed E-state index contributed by atoms with van der Waals surface area (Å²) in [5, 5.41) is 0.990. The number of thioether (sulfide) groups is 2. The lowest BCUT2D eigenvalue weighted by Crippen LogP contribution is -2.16. The number of halogens is 3. The summed E-state index contributed by atoms with van der Waals surface area (Å²) in [6.07, 6.45) is -4.34. The van der Waals surface area contributed by atoms with Gasteiger partial charge < -0.3 is 9.47 Å². The van der Waals surface area contributed by atoms with Crippen LogP contribution in [0.4, 0.5) is 13.2 Å². The second-order valence-electron chi connectivity index (χ2n) is 7.47. The number of rotatable bonds is 7. The molecule has 0 amide bonds. The molecule has 9 heteroatoms. The fourth-order valence-electron chi connectivity index (χ4n) is 3.25.